The van der Waals surface area contributed by atoms with Gasteiger partial charge < -0.3 is 5.32 Å². The Morgan fingerprint density at radius 1 is 0.964 bits per heavy atom. The summed E-state index contributed by atoms with van der Waals surface area (Å²) in [5.41, 5.74) is 6.04. The van der Waals surface area contributed by atoms with E-state index in [1.165, 1.54) is 6.20 Å². The fourth-order valence-corrected chi connectivity index (χ4v) is 3.59. The van der Waals surface area contributed by atoms with E-state index in [2.05, 4.69) is 21.4 Å². The van der Waals surface area contributed by atoms with Crippen LogP contribution in [-0.2, 0) is 17.8 Å². The maximum absolute atomic E-state index is 12.4. The first-order valence-electron chi connectivity index (χ1n) is 9.00. The summed E-state index contributed by atoms with van der Waals surface area (Å²) in [5, 5.41) is 2.85. The number of nitrogens with one attached hydrogen (secondary N) is 1. The molecule has 2 aromatic heterocycles. The molecule has 4 aromatic rings. The molecule has 5 rings (SSSR count). The van der Waals surface area contributed by atoms with E-state index in [9.17, 15) is 9.59 Å². The van der Waals surface area contributed by atoms with Gasteiger partial charge in [-0.25, -0.2) is 9.97 Å². The van der Waals surface area contributed by atoms with Gasteiger partial charge in [-0.3, -0.25) is 14.2 Å². The molecule has 1 aliphatic heterocycles. The van der Waals surface area contributed by atoms with Crippen molar-refractivity contribution >= 4 is 22.8 Å². The maximum Gasteiger partial charge on any atom is 0.270 e. The number of carbonyl (C=O) groups excluding carboxylic acids is 1. The van der Waals surface area contributed by atoms with Gasteiger partial charge in [-0.05, 0) is 52.6 Å². The third kappa shape index (κ3) is 2.85. The smallest absolute Gasteiger partial charge is 0.270 e. The number of rotatable bonds is 3. The molecule has 1 N–H and O–H groups in total. The van der Waals surface area contributed by atoms with Crippen molar-refractivity contribution in [3.05, 3.63) is 88.5 Å². The third-order valence-corrected chi connectivity index (χ3v) is 4.93. The minimum absolute atomic E-state index is 0.0253. The monoisotopic (exact) mass is 368 g/mol. The lowest BCUT2D eigenvalue weighted by molar-refractivity contribution is -0.115. The molecule has 0 fully saturated rings. The van der Waals surface area contributed by atoms with Gasteiger partial charge in [-0.2, -0.15) is 0 Å². The summed E-state index contributed by atoms with van der Waals surface area (Å²) in [6.07, 6.45) is 3.40. The molecule has 6 nitrogen and oxygen atoms in total. The van der Waals surface area contributed by atoms with Crippen LogP contribution in [0.5, 0.6) is 0 Å². The topological polar surface area (TPSA) is 76.9 Å². The quantitative estimate of drug-likeness (QED) is 0.603. The Bertz CT molecular complexity index is 1290. The number of fused-ring (bicyclic) bond motifs is 2. The van der Waals surface area contributed by atoms with Gasteiger partial charge in [0.15, 0.2) is 5.65 Å². The fraction of sp³-hybridized carbons (Fsp3) is 0.0909. The predicted octanol–water partition coefficient (Wildman–Crippen LogP) is 3.00. The second-order valence-corrected chi connectivity index (χ2v) is 6.83. The largest absolute Gasteiger partial charge is 0.326 e. The van der Waals surface area contributed by atoms with Crippen LogP contribution in [0.2, 0.25) is 0 Å². The molecule has 136 valence electrons. The Hall–Kier alpha value is -3.80. The molecule has 3 heterocycles. The van der Waals surface area contributed by atoms with Gasteiger partial charge in [0.05, 0.1) is 19.2 Å². The lowest BCUT2D eigenvalue weighted by Crippen LogP contribution is -2.21. The SMILES string of the molecule is O=C1Cc2cc(-c3cccc(Cn4c(=O)cnc5cccnc54)c3)ccc2N1. The van der Waals surface area contributed by atoms with Crippen LogP contribution in [0, 0.1) is 0 Å². The number of hydrogen-bond acceptors (Lipinski definition) is 4. The molecule has 0 bridgehead atoms. The van der Waals surface area contributed by atoms with Crippen LogP contribution in [0.25, 0.3) is 22.3 Å². The molecule has 0 aliphatic carbocycles. The summed E-state index contributed by atoms with van der Waals surface area (Å²) in [4.78, 5) is 32.4. The summed E-state index contributed by atoms with van der Waals surface area (Å²) >= 11 is 0. The first kappa shape index (κ1) is 16.4. The third-order valence-electron chi connectivity index (χ3n) is 4.93. The number of pyridine rings is 1. The van der Waals surface area contributed by atoms with E-state index in [0.717, 1.165) is 27.9 Å². The second kappa shape index (κ2) is 6.42. The first-order chi connectivity index (χ1) is 13.7. The van der Waals surface area contributed by atoms with Gasteiger partial charge >= 0.3 is 0 Å². The number of hydrogen-bond donors (Lipinski definition) is 1. The number of amides is 1. The summed E-state index contributed by atoms with van der Waals surface area (Å²) in [6, 6.07) is 17.7. The number of carbonyl (C=O) groups is 1. The Kier molecular flexibility index (Phi) is 3.76. The normalized spacial score (nSPS) is 12.8. The molecule has 0 unspecified atom stereocenters. The highest BCUT2D eigenvalue weighted by atomic mass is 16.1. The lowest BCUT2D eigenvalue weighted by Gasteiger charge is -2.10. The zero-order valence-electron chi connectivity index (χ0n) is 14.9. The Morgan fingerprint density at radius 2 is 1.86 bits per heavy atom. The molecule has 0 spiro atoms. The van der Waals surface area contributed by atoms with Crippen molar-refractivity contribution < 1.29 is 4.79 Å². The molecule has 28 heavy (non-hydrogen) atoms. The van der Waals surface area contributed by atoms with E-state index < -0.39 is 0 Å². The van der Waals surface area contributed by atoms with E-state index in [1.807, 2.05) is 42.5 Å². The molecule has 2 aromatic carbocycles. The molecule has 1 amide bonds. The Morgan fingerprint density at radius 3 is 2.79 bits per heavy atom. The zero-order chi connectivity index (χ0) is 19.1. The molecule has 0 radical (unpaired) electrons. The second-order valence-electron chi connectivity index (χ2n) is 6.83. The molecule has 6 heteroatoms. The van der Waals surface area contributed by atoms with Crippen molar-refractivity contribution in [1.82, 2.24) is 14.5 Å². The highest BCUT2D eigenvalue weighted by Gasteiger charge is 2.17. The van der Waals surface area contributed by atoms with Crippen molar-refractivity contribution in [2.75, 3.05) is 5.32 Å². The van der Waals surface area contributed by atoms with Crippen LogP contribution < -0.4 is 10.9 Å². The number of benzene rings is 2. The average molecular weight is 368 g/mol. The van der Waals surface area contributed by atoms with Crippen LogP contribution in [0.4, 0.5) is 5.69 Å². The molecular formula is C22H16N4O2. The van der Waals surface area contributed by atoms with Gasteiger partial charge in [-0.1, -0.05) is 24.3 Å². The van der Waals surface area contributed by atoms with Crippen LogP contribution in [-0.4, -0.2) is 20.4 Å². The Balaban J connectivity index is 1.53. The van der Waals surface area contributed by atoms with Crippen LogP contribution in [0.1, 0.15) is 11.1 Å². The van der Waals surface area contributed by atoms with Crippen LogP contribution >= 0.6 is 0 Å². The highest BCUT2D eigenvalue weighted by Crippen LogP contribution is 2.29. The van der Waals surface area contributed by atoms with E-state index in [4.69, 9.17) is 0 Å². The minimum atomic E-state index is -0.182. The summed E-state index contributed by atoms with van der Waals surface area (Å²) in [7, 11) is 0. The zero-order valence-corrected chi connectivity index (χ0v) is 14.9. The van der Waals surface area contributed by atoms with Gasteiger partial charge in [-0.15, -0.1) is 0 Å². The van der Waals surface area contributed by atoms with Crippen molar-refractivity contribution in [2.45, 2.75) is 13.0 Å². The van der Waals surface area contributed by atoms with Gasteiger partial charge in [0.25, 0.3) is 5.56 Å². The first-order valence-corrected chi connectivity index (χ1v) is 9.00. The van der Waals surface area contributed by atoms with Gasteiger partial charge in [0.2, 0.25) is 5.91 Å². The highest BCUT2D eigenvalue weighted by molar-refractivity contribution is 5.99. The van der Waals surface area contributed by atoms with Crippen molar-refractivity contribution in [1.29, 1.82) is 0 Å². The van der Waals surface area contributed by atoms with Gasteiger partial charge in [0.1, 0.15) is 5.52 Å². The summed E-state index contributed by atoms with van der Waals surface area (Å²) in [5.74, 6) is 0.0253. The Labute approximate surface area is 160 Å². The average Bonchev–Trinajstić information content (AvgIpc) is 3.09. The van der Waals surface area contributed by atoms with Crippen molar-refractivity contribution in [3.63, 3.8) is 0 Å². The van der Waals surface area contributed by atoms with Crippen molar-refractivity contribution in [3.8, 4) is 11.1 Å². The van der Waals surface area contributed by atoms with Gasteiger partial charge in [0, 0.05) is 11.9 Å². The molecule has 0 saturated carbocycles. The molecular weight excluding hydrogens is 352 g/mol. The molecule has 1 aliphatic rings. The standard InChI is InChI=1S/C22H16N4O2/c27-20-11-17-10-16(6-7-18(17)25-20)15-4-1-3-14(9-15)13-26-21(28)12-24-19-5-2-8-23-22(19)26/h1-10,12H,11,13H2,(H,25,27). The molecule has 0 saturated heterocycles. The predicted molar refractivity (Wildman–Crippen MR) is 107 cm³/mol. The minimum Gasteiger partial charge on any atom is -0.326 e. The number of nitrogens with zero attached hydrogens (tertiary/aromatic N) is 3. The van der Waals surface area contributed by atoms with Crippen molar-refractivity contribution in [2.24, 2.45) is 0 Å². The number of anilines is 1. The van der Waals surface area contributed by atoms with E-state index in [-0.39, 0.29) is 11.5 Å². The number of aromatic nitrogens is 3. The summed E-state index contributed by atoms with van der Waals surface area (Å²) in [6.45, 7) is 0.410. The fourth-order valence-electron chi connectivity index (χ4n) is 3.59. The molecule has 0 atom stereocenters. The summed E-state index contributed by atoms with van der Waals surface area (Å²) < 4.78 is 1.63. The van der Waals surface area contributed by atoms with E-state index in [1.54, 1.807) is 16.8 Å². The van der Waals surface area contributed by atoms with E-state index >= 15 is 0 Å². The maximum atomic E-state index is 12.4. The lowest BCUT2D eigenvalue weighted by atomic mass is 10.00. The van der Waals surface area contributed by atoms with E-state index in [0.29, 0.717) is 24.1 Å². The van der Waals surface area contributed by atoms with Crippen LogP contribution in [0.15, 0.2) is 71.8 Å². The van der Waals surface area contributed by atoms with Crippen LogP contribution in [0.3, 0.4) is 0 Å².